The van der Waals surface area contributed by atoms with Crippen LogP contribution in [0.25, 0.3) is 0 Å². The molecule has 0 amide bonds. The minimum Gasteiger partial charge on any atom is -0.417 e. The van der Waals surface area contributed by atoms with Crippen molar-refractivity contribution >= 4 is 8.32 Å². The molecular weight excluding hydrogens is 352 g/mol. The summed E-state index contributed by atoms with van der Waals surface area (Å²) >= 11 is 0. The first kappa shape index (κ1) is 22.0. The van der Waals surface area contributed by atoms with E-state index in [4.69, 9.17) is 23.4 Å². The fraction of sp³-hybridized carbons (Fsp3) is 0.895. The van der Waals surface area contributed by atoms with Crippen LogP contribution in [-0.2, 0) is 23.4 Å². The Morgan fingerprint density at radius 2 is 1.85 bits per heavy atom. The van der Waals surface area contributed by atoms with Crippen LogP contribution in [0.1, 0.15) is 41.0 Å². The van der Waals surface area contributed by atoms with Crippen molar-refractivity contribution in [2.24, 2.45) is 0 Å². The molecule has 26 heavy (non-hydrogen) atoms. The molecule has 2 rings (SSSR count). The summed E-state index contributed by atoms with van der Waals surface area (Å²) in [5.74, 6) is -0.727. The van der Waals surface area contributed by atoms with Gasteiger partial charge in [0.1, 0.15) is 23.9 Å². The molecule has 0 aromatic heterocycles. The summed E-state index contributed by atoms with van der Waals surface area (Å²) in [4.78, 5) is 0. The Labute approximate surface area is 158 Å². The van der Waals surface area contributed by atoms with Gasteiger partial charge in [-0.2, -0.15) is 0 Å². The molecule has 2 heterocycles. The zero-order valence-electron chi connectivity index (χ0n) is 17.5. The van der Waals surface area contributed by atoms with Crippen LogP contribution in [0.5, 0.6) is 0 Å². The van der Waals surface area contributed by atoms with Crippen molar-refractivity contribution in [2.75, 3.05) is 13.7 Å². The molecule has 2 aliphatic rings. The number of methoxy groups -OCH3 is 1. The van der Waals surface area contributed by atoms with Gasteiger partial charge >= 0.3 is 0 Å². The van der Waals surface area contributed by atoms with Crippen molar-refractivity contribution < 1.29 is 28.5 Å². The summed E-state index contributed by atoms with van der Waals surface area (Å²) in [5.41, 5.74) is -1.29. The van der Waals surface area contributed by atoms with E-state index < -0.39 is 38.2 Å². The van der Waals surface area contributed by atoms with Gasteiger partial charge < -0.3 is 28.5 Å². The molecule has 152 valence electrons. The monoisotopic (exact) mass is 388 g/mol. The van der Waals surface area contributed by atoms with E-state index in [1.165, 1.54) is 6.08 Å². The minimum atomic E-state index is -1.89. The third kappa shape index (κ3) is 4.24. The average molecular weight is 389 g/mol. The molecule has 0 unspecified atom stereocenters. The van der Waals surface area contributed by atoms with Crippen molar-refractivity contribution in [3.05, 3.63) is 12.7 Å². The van der Waals surface area contributed by atoms with E-state index >= 15 is 0 Å². The van der Waals surface area contributed by atoms with E-state index in [1.807, 2.05) is 13.8 Å². The van der Waals surface area contributed by atoms with Crippen molar-refractivity contribution in [1.29, 1.82) is 0 Å². The Bertz CT molecular complexity index is 515. The maximum atomic E-state index is 11.2. The highest BCUT2D eigenvalue weighted by molar-refractivity contribution is 6.74. The second-order valence-electron chi connectivity index (χ2n) is 9.28. The molecule has 0 saturated carbocycles. The summed E-state index contributed by atoms with van der Waals surface area (Å²) in [6.45, 7) is 18.9. The van der Waals surface area contributed by atoms with E-state index in [0.29, 0.717) is 13.0 Å². The molecule has 1 N–H and O–H groups in total. The van der Waals surface area contributed by atoms with Gasteiger partial charge in [-0.05, 0) is 32.0 Å². The van der Waals surface area contributed by atoms with Crippen molar-refractivity contribution in [3.8, 4) is 0 Å². The van der Waals surface area contributed by atoms with Crippen LogP contribution in [0.15, 0.2) is 12.7 Å². The lowest BCUT2D eigenvalue weighted by Crippen LogP contribution is -2.51. The SMILES string of the molecule is C=C[C@](O)(CCO[Si](C)(C)C(C)(C)C)[C@H]1O[C@@H]2OC(C)(C)O[C@@H]2[C@H]1OC. The number of fused-ring (bicyclic) bond motifs is 1. The number of rotatable bonds is 7. The second-order valence-corrected chi connectivity index (χ2v) is 14.1. The van der Waals surface area contributed by atoms with Crippen LogP contribution < -0.4 is 0 Å². The summed E-state index contributed by atoms with van der Waals surface area (Å²) in [7, 11) is -0.300. The van der Waals surface area contributed by atoms with Crippen LogP contribution >= 0.6 is 0 Å². The van der Waals surface area contributed by atoms with Crippen molar-refractivity contribution in [3.63, 3.8) is 0 Å². The van der Waals surface area contributed by atoms with Gasteiger partial charge in [-0.15, -0.1) is 6.58 Å². The molecule has 0 aromatic rings. The highest BCUT2D eigenvalue weighted by Gasteiger charge is 2.59. The zero-order chi connectivity index (χ0) is 20.0. The average Bonchev–Trinajstić information content (AvgIpc) is 2.97. The van der Waals surface area contributed by atoms with Gasteiger partial charge in [0.25, 0.3) is 0 Å². The van der Waals surface area contributed by atoms with E-state index in [-0.39, 0.29) is 11.1 Å². The van der Waals surface area contributed by atoms with Crippen LogP contribution in [-0.4, -0.2) is 63.1 Å². The van der Waals surface area contributed by atoms with Crippen molar-refractivity contribution in [1.82, 2.24) is 0 Å². The minimum absolute atomic E-state index is 0.114. The Hall–Kier alpha value is -0.283. The maximum Gasteiger partial charge on any atom is 0.191 e. The highest BCUT2D eigenvalue weighted by Crippen LogP contribution is 2.43. The van der Waals surface area contributed by atoms with Crippen LogP contribution in [0, 0.1) is 0 Å². The Balaban J connectivity index is 2.06. The summed E-state index contributed by atoms with van der Waals surface area (Å²) in [6, 6.07) is 0. The highest BCUT2D eigenvalue weighted by atomic mass is 28.4. The molecule has 2 saturated heterocycles. The van der Waals surface area contributed by atoms with Crippen LogP contribution in [0.4, 0.5) is 0 Å². The quantitative estimate of drug-likeness (QED) is 0.534. The van der Waals surface area contributed by atoms with E-state index in [0.717, 1.165) is 0 Å². The third-order valence-electron chi connectivity index (χ3n) is 5.88. The molecule has 0 aliphatic carbocycles. The molecule has 0 spiro atoms. The summed E-state index contributed by atoms with van der Waals surface area (Å²) < 4.78 is 29.5. The predicted molar refractivity (Wildman–Crippen MR) is 102 cm³/mol. The number of aliphatic hydroxyl groups is 1. The lowest BCUT2D eigenvalue weighted by Gasteiger charge is -2.39. The normalized spacial score (nSPS) is 33.7. The molecule has 0 aromatic carbocycles. The lowest BCUT2D eigenvalue weighted by molar-refractivity contribution is -0.237. The maximum absolute atomic E-state index is 11.2. The summed E-state index contributed by atoms with van der Waals surface area (Å²) in [5, 5.41) is 11.3. The van der Waals surface area contributed by atoms with E-state index in [1.54, 1.807) is 7.11 Å². The van der Waals surface area contributed by atoms with Gasteiger partial charge in [0.05, 0.1) is 0 Å². The van der Waals surface area contributed by atoms with Gasteiger partial charge in [0.2, 0.25) is 0 Å². The Kier molecular flexibility index (Phi) is 6.16. The molecule has 5 atom stereocenters. The van der Waals surface area contributed by atoms with Crippen LogP contribution in [0.2, 0.25) is 18.1 Å². The molecular formula is C19H36O6Si. The van der Waals surface area contributed by atoms with Gasteiger partial charge in [0.15, 0.2) is 20.4 Å². The number of hydrogen-bond donors (Lipinski definition) is 1. The van der Waals surface area contributed by atoms with E-state index in [2.05, 4.69) is 40.4 Å². The molecule has 2 aliphatic heterocycles. The van der Waals surface area contributed by atoms with Gasteiger partial charge in [-0.1, -0.05) is 26.8 Å². The van der Waals surface area contributed by atoms with Crippen LogP contribution in [0.3, 0.4) is 0 Å². The Morgan fingerprint density at radius 1 is 1.23 bits per heavy atom. The third-order valence-corrected chi connectivity index (χ3v) is 10.4. The zero-order valence-corrected chi connectivity index (χ0v) is 18.5. The fourth-order valence-corrected chi connectivity index (χ4v) is 4.23. The molecule has 0 radical (unpaired) electrons. The standard InChI is InChI=1S/C19H36O6Si/c1-10-19(20,11-12-22-26(8,9)17(2,3)4)15-13(21-7)14-16(23-15)25-18(5,6)24-14/h10,13-16,20H,1,11-12H2,2-9H3/t13-,14-,15+,16-,19+/m1/s1. The fourth-order valence-electron chi connectivity index (χ4n) is 3.19. The van der Waals surface area contributed by atoms with Gasteiger partial charge in [-0.3, -0.25) is 0 Å². The predicted octanol–water partition coefficient (Wildman–Crippen LogP) is 3.21. The smallest absolute Gasteiger partial charge is 0.191 e. The number of ether oxygens (including phenoxy) is 4. The second kappa shape index (κ2) is 7.27. The Morgan fingerprint density at radius 3 is 2.35 bits per heavy atom. The summed E-state index contributed by atoms with van der Waals surface area (Å²) in [6.07, 6.45) is -0.126. The molecule has 7 heteroatoms. The van der Waals surface area contributed by atoms with Gasteiger partial charge in [0, 0.05) is 20.1 Å². The lowest BCUT2D eigenvalue weighted by atomic mass is 9.89. The first-order valence-corrected chi connectivity index (χ1v) is 12.2. The topological polar surface area (TPSA) is 66.4 Å². The molecule has 2 fully saturated rings. The molecule has 0 bridgehead atoms. The largest absolute Gasteiger partial charge is 0.417 e. The number of hydrogen-bond acceptors (Lipinski definition) is 6. The van der Waals surface area contributed by atoms with Gasteiger partial charge in [-0.25, -0.2) is 0 Å². The molecule has 6 nitrogen and oxygen atoms in total. The van der Waals surface area contributed by atoms with Crippen molar-refractivity contribution in [2.45, 2.75) is 95.2 Å². The van der Waals surface area contributed by atoms with E-state index in [9.17, 15) is 5.11 Å². The first-order chi connectivity index (χ1) is 11.8. The first-order valence-electron chi connectivity index (χ1n) is 9.30.